The van der Waals surface area contributed by atoms with Gasteiger partial charge in [0.1, 0.15) is 0 Å². The summed E-state index contributed by atoms with van der Waals surface area (Å²) in [6.45, 7) is 8.41. The minimum Gasteiger partial charge on any atom is -0.309 e. The Morgan fingerprint density at radius 2 is 1.68 bits per heavy atom. The SMILES string of the molecule is CNC(c1ccc(C)c(C)c1)c1ccc(C)nc1C. The molecule has 0 radical (unpaired) electrons. The molecule has 0 fully saturated rings. The first-order valence-electron chi connectivity index (χ1n) is 6.71. The summed E-state index contributed by atoms with van der Waals surface area (Å²) in [5.74, 6) is 0. The molecule has 0 amide bonds. The Morgan fingerprint density at radius 1 is 0.947 bits per heavy atom. The lowest BCUT2D eigenvalue weighted by atomic mass is 9.95. The Bertz CT molecular complexity index is 588. The van der Waals surface area contributed by atoms with E-state index < -0.39 is 0 Å². The Labute approximate surface area is 115 Å². The first kappa shape index (κ1) is 13.8. The van der Waals surface area contributed by atoms with Gasteiger partial charge in [0, 0.05) is 11.4 Å². The Balaban J connectivity index is 2.46. The van der Waals surface area contributed by atoms with E-state index in [4.69, 9.17) is 0 Å². The van der Waals surface area contributed by atoms with Crippen LogP contribution < -0.4 is 5.32 Å². The number of hydrogen-bond donors (Lipinski definition) is 1. The van der Waals surface area contributed by atoms with E-state index in [0.717, 1.165) is 11.4 Å². The van der Waals surface area contributed by atoms with Gasteiger partial charge in [-0.2, -0.15) is 0 Å². The van der Waals surface area contributed by atoms with Crippen LogP contribution in [0.25, 0.3) is 0 Å². The van der Waals surface area contributed by atoms with Crippen LogP contribution in [0.5, 0.6) is 0 Å². The van der Waals surface area contributed by atoms with E-state index in [1.54, 1.807) is 0 Å². The maximum Gasteiger partial charge on any atom is 0.0592 e. The third kappa shape index (κ3) is 2.85. The summed E-state index contributed by atoms with van der Waals surface area (Å²) >= 11 is 0. The number of benzene rings is 1. The van der Waals surface area contributed by atoms with Gasteiger partial charge < -0.3 is 5.32 Å². The molecule has 1 aromatic heterocycles. The minimum atomic E-state index is 0.201. The minimum absolute atomic E-state index is 0.201. The van der Waals surface area contributed by atoms with E-state index in [9.17, 15) is 0 Å². The molecule has 2 nitrogen and oxygen atoms in total. The lowest BCUT2D eigenvalue weighted by molar-refractivity contribution is 0.681. The molecule has 0 bridgehead atoms. The molecule has 0 saturated heterocycles. The van der Waals surface area contributed by atoms with Crippen molar-refractivity contribution in [3.63, 3.8) is 0 Å². The third-order valence-electron chi connectivity index (χ3n) is 3.73. The average Bonchev–Trinajstić information content (AvgIpc) is 2.37. The summed E-state index contributed by atoms with van der Waals surface area (Å²) in [7, 11) is 2.00. The summed E-state index contributed by atoms with van der Waals surface area (Å²) in [4.78, 5) is 4.57. The summed E-state index contributed by atoms with van der Waals surface area (Å²) in [5, 5.41) is 3.40. The highest BCUT2D eigenvalue weighted by Gasteiger charge is 2.15. The number of aromatic nitrogens is 1. The molecule has 2 aromatic rings. The second kappa shape index (κ2) is 5.54. The summed E-state index contributed by atoms with van der Waals surface area (Å²) in [6, 6.07) is 11.1. The van der Waals surface area contributed by atoms with Gasteiger partial charge in [-0.3, -0.25) is 4.98 Å². The van der Waals surface area contributed by atoms with Crippen molar-refractivity contribution in [3.8, 4) is 0 Å². The molecule has 1 unspecified atom stereocenters. The van der Waals surface area contributed by atoms with Crippen molar-refractivity contribution in [1.29, 1.82) is 0 Å². The smallest absolute Gasteiger partial charge is 0.0592 e. The molecule has 2 heteroatoms. The molecule has 0 aliphatic rings. The van der Waals surface area contributed by atoms with Crippen LogP contribution >= 0.6 is 0 Å². The van der Waals surface area contributed by atoms with Gasteiger partial charge in [0.25, 0.3) is 0 Å². The van der Waals surface area contributed by atoms with Crippen molar-refractivity contribution in [2.75, 3.05) is 7.05 Å². The lowest BCUT2D eigenvalue weighted by Gasteiger charge is -2.20. The fourth-order valence-corrected chi connectivity index (χ4v) is 2.45. The zero-order valence-electron chi connectivity index (χ0n) is 12.4. The topological polar surface area (TPSA) is 24.9 Å². The van der Waals surface area contributed by atoms with Crippen LogP contribution in [0.15, 0.2) is 30.3 Å². The zero-order valence-corrected chi connectivity index (χ0v) is 12.4. The van der Waals surface area contributed by atoms with Gasteiger partial charge in [-0.15, -0.1) is 0 Å². The van der Waals surface area contributed by atoms with Crippen LogP contribution in [0.2, 0.25) is 0 Å². The van der Waals surface area contributed by atoms with Crippen molar-refractivity contribution >= 4 is 0 Å². The second-order valence-electron chi connectivity index (χ2n) is 5.19. The molecule has 1 aromatic carbocycles. The first-order chi connectivity index (χ1) is 9.02. The van der Waals surface area contributed by atoms with Crippen molar-refractivity contribution in [1.82, 2.24) is 10.3 Å². The predicted molar refractivity (Wildman–Crippen MR) is 80.5 cm³/mol. The molecule has 2 rings (SSSR count). The third-order valence-corrected chi connectivity index (χ3v) is 3.73. The highest BCUT2D eigenvalue weighted by atomic mass is 14.9. The lowest BCUT2D eigenvalue weighted by Crippen LogP contribution is -2.19. The van der Waals surface area contributed by atoms with Crippen LogP contribution in [0.3, 0.4) is 0 Å². The molecular formula is C17H22N2. The molecule has 19 heavy (non-hydrogen) atoms. The number of rotatable bonds is 3. The largest absolute Gasteiger partial charge is 0.309 e. The number of aryl methyl sites for hydroxylation is 4. The number of nitrogens with zero attached hydrogens (tertiary/aromatic N) is 1. The van der Waals surface area contributed by atoms with Crippen LogP contribution in [0.4, 0.5) is 0 Å². The summed E-state index contributed by atoms with van der Waals surface area (Å²) in [6.07, 6.45) is 0. The van der Waals surface area contributed by atoms with Gasteiger partial charge in [0.15, 0.2) is 0 Å². The van der Waals surface area contributed by atoms with Gasteiger partial charge in [0.2, 0.25) is 0 Å². The normalized spacial score (nSPS) is 12.5. The van der Waals surface area contributed by atoms with Gasteiger partial charge in [-0.05, 0) is 63.1 Å². The van der Waals surface area contributed by atoms with Crippen LogP contribution in [-0.2, 0) is 0 Å². The highest BCUT2D eigenvalue weighted by Crippen LogP contribution is 2.25. The maximum atomic E-state index is 4.57. The molecule has 100 valence electrons. The van der Waals surface area contributed by atoms with E-state index in [0.29, 0.717) is 0 Å². The molecular weight excluding hydrogens is 232 g/mol. The first-order valence-corrected chi connectivity index (χ1v) is 6.71. The highest BCUT2D eigenvalue weighted by molar-refractivity contribution is 5.38. The number of pyridine rings is 1. The van der Waals surface area contributed by atoms with Crippen molar-refractivity contribution in [3.05, 3.63) is 64.0 Å². The Hall–Kier alpha value is -1.67. The fourth-order valence-electron chi connectivity index (χ4n) is 2.45. The van der Waals surface area contributed by atoms with Crippen LogP contribution in [0.1, 0.15) is 39.7 Å². The van der Waals surface area contributed by atoms with Gasteiger partial charge in [-0.25, -0.2) is 0 Å². The molecule has 0 aliphatic heterocycles. The van der Waals surface area contributed by atoms with Crippen LogP contribution in [-0.4, -0.2) is 12.0 Å². The average molecular weight is 254 g/mol. The molecule has 0 aliphatic carbocycles. The van der Waals surface area contributed by atoms with E-state index in [2.05, 4.69) is 61.4 Å². The monoisotopic (exact) mass is 254 g/mol. The van der Waals surface area contributed by atoms with E-state index in [-0.39, 0.29) is 6.04 Å². The summed E-state index contributed by atoms with van der Waals surface area (Å²) in [5.41, 5.74) is 7.36. The quantitative estimate of drug-likeness (QED) is 0.905. The van der Waals surface area contributed by atoms with E-state index in [1.807, 2.05) is 14.0 Å². The van der Waals surface area contributed by atoms with E-state index in [1.165, 1.54) is 22.3 Å². The molecule has 1 N–H and O–H groups in total. The second-order valence-corrected chi connectivity index (χ2v) is 5.19. The maximum absolute atomic E-state index is 4.57. The van der Waals surface area contributed by atoms with Crippen molar-refractivity contribution in [2.24, 2.45) is 0 Å². The molecule has 1 heterocycles. The number of nitrogens with one attached hydrogen (secondary N) is 1. The Morgan fingerprint density at radius 3 is 2.26 bits per heavy atom. The Kier molecular flexibility index (Phi) is 4.01. The molecule has 0 spiro atoms. The van der Waals surface area contributed by atoms with Crippen molar-refractivity contribution < 1.29 is 0 Å². The summed E-state index contributed by atoms with van der Waals surface area (Å²) < 4.78 is 0. The molecule has 0 saturated carbocycles. The van der Waals surface area contributed by atoms with E-state index >= 15 is 0 Å². The molecule has 1 atom stereocenters. The van der Waals surface area contributed by atoms with Crippen LogP contribution in [0, 0.1) is 27.7 Å². The van der Waals surface area contributed by atoms with Gasteiger partial charge in [-0.1, -0.05) is 24.3 Å². The number of hydrogen-bond acceptors (Lipinski definition) is 2. The van der Waals surface area contributed by atoms with Gasteiger partial charge >= 0.3 is 0 Å². The standard InChI is InChI=1S/C17H22N2/c1-11-6-8-15(10-12(11)2)17(18-5)16-9-7-13(3)19-14(16)4/h6-10,17-18H,1-5H3. The van der Waals surface area contributed by atoms with Crippen molar-refractivity contribution in [2.45, 2.75) is 33.7 Å². The van der Waals surface area contributed by atoms with Gasteiger partial charge in [0.05, 0.1) is 6.04 Å². The predicted octanol–water partition coefficient (Wildman–Crippen LogP) is 3.62. The zero-order chi connectivity index (χ0) is 14.0. The fraction of sp³-hybridized carbons (Fsp3) is 0.353.